The van der Waals surface area contributed by atoms with Gasteiger partial charge in [0, 0.05) is 6.07 Å². The summed E-state index contributed by atoms with van der Waals surface area (Å²) in [6.45, 7) is 0. The van der Waals surface area contributed by atoms with Crippen LogP contribution in [0.2, 0.25) is 0 Å². The summed E-state index contributed by atoms with van der Waals surface area (Å²) in [6, 6.07) is 11.2. The first-order chi connectivity index (χ1) is 15.3. The second-order valence-electron chi connectivity index (χ2n) is 7.22. The van der Waals surface area contributed by atoms with Crippen LogP contribution >= 0.6 is 0 Å². The highest BCUT2D eigenvalue weighted by molar-refractivity contribution is 5.82. The number of fused-ring (bicyclic) bond motifs is 1. The van der Waals surface area contributed by atoms with Crippen LogP contribution < -0.4 is 14.9 Å². The number of aliphatic hydroxyl groups is 3. The van der Waals surface area contributed by atoms with Crippen LogP contribution in [0, 0.1) is 0 Å². The van der Waals surface area contributed by atoms with E-state index in [0.717, 1.165) is 0 Å². The van der Waals surface area contributed by atoms with Crippen LogP contribution in [-0.2, 0) is 9.53 Å². The molecule has 2 heterocycles. The van der Waals surface area contributed by atoms with Gasteiger partial charge in [-0.2, -0.15) is 0 Å². The summed E-state index contributed by atoms with van der Waals surface area (Å²) in [6.07, 6.45) is -7.38. The molecule has 1 aliphatic heterocycles. The Balaban J connectivity index is 1.61. The Morgan fingerprint density at radius 3 is 2.31 bits per heavy atom. The van der Waals surface area contributed by atoms with E-state index in [4.69, 9.17) is 23.7 Å². The zero-order valence-corrected chi connectivity index (χ0v) is 16.7. The summed E-state index contributed by atoms with van der Waals surface area (Å²) in [5, 5.41) is 39.1. The normalized spacial score (nSPS) is 25.4. The Kier molecular flexibility index (Phi) is 5.85. The standard InChI is InChI=1S/C22H20O10/c1-29-11-4-2-10(3-5-11)14-9-30-15-8-12(6-7-13(15)16(14)23)31-22-19(26)17(24)18(25)20(32-22)21(27)28/h2-9,17-20,22,24-26H,1H3,(H,27,28). The molecule has 5 unspecified atom stereocenters. The minimum absolute atomic E-state index is 0.0922. The smallest absolute Gasteiger partial charge is 0.335 e. The zero-order chi connectivity index (χ0) is 23.0. The molecule has 168 valence electrons. The van der Waals surface area contributed by atoms with Crippen molar-refractivity contribution < 1.29 is 43.8 Å². The van der Waals surface area contributed by atoms with Gasteiger partial charge in [0.2, 0.25) is 6.29 Å². The monoisotopic (exact) mass is 444 g/mol. The van der Waals surface area contributed by atoms with Gasteiger partial charge in [-0.1, -0.05) is 12.1 Å². The fraction of sp³-hybridized carbons (Fsp3) is 0.273. The number of benzene rings is 2. The van der Waals surface area contributed by atoms with E-state index in [0.29, 0.717) is 16.9 Å². The molecule has 10 heteroatoms. The lowest BCUT2D eigenvalue weighted by atomic mass is 9.99. The first kappa shape index (κ1) is 21.8. The molecule has 0 amide bonds. The van der Waals surface area contributed by atoms with Crippen LogP contribution in [0.5, 0.6) is 11.5 Å². The number of hydrogen-bond donors (Lipinski definition) is 4. The molecule has 0 saturated carbocycles. The summed E-state index contributed by atoms with van der Waals surface area (Å²) >= 11 is 0. The molecule has 4 rings (SSSR count). The van der Waals surface area contributed by atoms with Gasteiger partial charge >= 0.3 is 5.97 Å². The number of rotatable bonds is 5. The minimum atomic E-state index is -1.83. The third-order valence-electron chi connectivity index (χ3n) is 5.21. The van der Waals surface area contributed by atoms with Crippen LogP contribution in [-0.4, -0.2) is 64.2 Å². The second-order valence-corrected chi connectivity index (χ2v) is 7.22. The maximum atomic E-state index is 12.9. The van der Waals surface area contributed by atoms with Crippen molar-refractivity contribution >= 4 is 16.9 Å². The number of carbonyl (C=O) groups is 1. The maximum Gasteiger partial charge on any atom is 0.335 e. The largest absolute Gasteiger partial charge is 0.497 e. The first-order valence-electron chi connectivity index (χ1n) is 9.59. The molecular weight excluding hydrogens is 424 g/mol. The molecule has 1 aliphatic rings. The number of methoxy groups -OCH3 is 1. The average molecular weight is 444 g/mol. The van der Waals surface area contributed by atoms with Crippen molar-refractivity contribution in [3.05, 3.63) is 59.0 Å². The van der Waals surface area contributed by atoms with Crippen LogP contribution in [0.3, 0.4) is 0 Å². The number of ether oxygens (including phenoxy) is 3. The van der Waals surface area contributed by atoms with Gasteiger partial charge in [-0.3, -0.25) is 4.79 Å². The number of carboxylic acid groups (broad SMARTS) is 1. The lowest BCUT2D eigenvalue weighted by molar-refractivity contribution is -0.271. The second kappa shape index (κ2) is 8.60. The fourth-order valence-corrected chi connectivity index (χ4v) is 3.44. The SMILES string of the molecule is COc1ccc(-c2coc3cc(OC4OC(C(=O)O)C(O)C(O)C4O)ccc3c2=O)cc1. The van der Waals surface area contributed by atoms with E-state index in [9.17, 15) is 24.9 Å². The van der Waals surface area contributed by atoms with Gasteiger partial charge < -0.3 is 39.1 Å². The van der Waals surface area contributed by atoms with Gasteiger partial charge in [0.15, 0.2) is 11.5 Å². The molecular formula is C22H20O10. The number of aliphatic carboxylic acids is 1. The minimum Gasteiger partial charge on any atom is -0.497 e. The van der Waals surface area contributed by atoms with Crippen LogP contribution in [0.25, 0.3) is 22.1 Å². The molecule has 0 aliphatic carbocycles. The lowest BCUT2D eigenvalue weighted by Gasteiger charge is -2.38. The van der Waals surface area contributed by atoms with Gasteiger partial charge in [-0.05, 0) is 29.8 Å². The molecule has 0 spiro atoms. The van der Waals surface area contributed by atoms with Crippen molar-refractivity contribution in [2.24, 2.45) is 0 Å². The van der Waals surface area contributed by atoms with E-state index in [1.54, 1.807) is 31.4 Å². The van der Waals surface area contributed by atoms with Crippen molar-refractivity contribution in [2.75, 3.05) is 7.11 Å². The predicted octanol–water partition coefficient (Wildman–Crippen LogP) is 0.740. The summed E-state index contributed by atoms with van der Waals surface area (Å²) in [4.78, 5) is 24.1. The quantitative estimate of drug-likeness (QED) is 0.443. The lowest BCUT2D eigenvalue weighted by Crippen LogP contribution is -2.61. The molecule has 3 aromatic rings. The summed E-state index contributed by atoms with van der Waals surface area (Å²) in [7, 11) is 1.54. The highest BCUT2D eigenvalue weighted by atomic mass is 16.7. The van der Waals surface area contributed by atoms with Crippen LogP contribution in [0.15, 0.2) is 57.9 Å². The highest BCUT2D eigenvalue weighted by Crippen LogP contribution is 2.28. The van der Waals surface area contributed by atoms with Crippen LogP contribution in [0.1, 0.15) is 0 Å². The summed E-state index contributed by atoms with van der Waals surface area (Å²) < 4.78 is 21.3. The Labute approximate surface area is 180 Å². The van der Waals surface area contributed by atoms with E-state index >= 15 is 0 Å². The molecule has 4 N–H and O–H groups in total. The number of hydrogen-bond acceptors (Lipinski definition) is 9. The van der Waals surface area contributed by atoms with Gasteiger partial charge in [0.25, 0.3) is 0 Å². The van der Waals surface area contributed by atoms with E-state index < -0.39 is 36.7 Å². The predicted molar refractivity (Wildman–Crippen MR) is 109 cm³/mol. The van der Waals surface area contributed by atoms with Crippen molar-refractivity contribution in [1.82, 2.24) is 0 Å². The molecule has 0 bridgehead atoms. The fourth-order valence-electron chi connectivity index (χ4n) is 3.44. The molecule has 1 fully saturated rings. The molecule has 10 nitrogen and oxygen atoms in total. The number of aliphatic hydroxyl groups excluding tert-OH is 3. The van der Waals surface area contributed by atoms with Crippen molar-refractivity contribution in [1.29, 1.82) is 0 Å². The molecule has 1 saturated heterocycles. The van der Waals surface area contributed by atoms with Crippen molar-refractivity contribution in [2.45, 2.75) is 30.7 Å². The van der Waals surface area contributed by atoms with Gasteiger partial charge in [0.1, 0.15) is 41.7 Å². The zero-order valence-electron chi connectivity index (χ0n) is 16.7. The molecule has 5 atom stereocenters. The van der Waals surface area contributed by atoms with Crippen molar-refractivity contribution in [3.63, 3.8) is 0 Å². The van der Waals surface area contributed by atoms with E-state index in [1.807, 2.05) is 0 Å². The molecule has 2 aromatic carbocycles. The van der Waals surface area contributed by atoms with Crippen LogP contribution in [0.4, 0.5) is 0 Å². The summed E-state index contributed by atoms with van der Waals surface area (Å²) in [5.74, 6) is -0.780. The first-order valence-corrected chi connectivity index (χ1v) is 9.59. The highest BCUT2D eigenvalue weighted by Gasteiger charge is 2.48. The van der Waals surface area contributed by atoms with Gasteiger partial charge in [-0.15, -0.1) is 0 Å². The summed E-state index contributed by atoms with van der Waals surface area (Å²) in [5.41, 5.74) is 0.904. The van der Waals surface area contributed by atoms with Gasteiger partial charge in [0.05, 0.1) is 18.1 Å². The van der Waals surface area contributed by atoms with E-state index in [1.165, 1.54) is 24.5 Å². The molecule has 1 aromatic heterocycles. The van der Waals surface area contributed by atoms with Gasteiger partial charge in [-0.25, -0.2) is 4.79 Å². The number of carboxylic acids is 1. The Bertz CT molecular complexity index is 1190. The third-order valence-corrected chi connectivity index (χ3v) is 5.21. The third kappa shape index (κ3) is 3.92. The Morgan fingerprint density at radius 1 is 0.969 bits per heavy atom. The topological polar surface area (TPSA) is 156 Å². The molecule has 0 radical (unpaired) electrons. The van der Waals surface area contributed by atoms with E-state index in [-0.39, 0.29) is 22.1 Å². The Hall–Kier alpha value is -3.44. The molecule has 32 heavy (non-hydrogen) atoms. The van der Waals surface area contributed by atoms with E-state index in [2.05, 4.69) is 0 Å². The average Bonchev–Trinajstić information content (AvgIpc) is 2.79. The van der Waals surface area contributed by atoms with Crippen molar-refractivity contribution in [3.8, 4) is 22.6 Å². The Morgan fingerprint density at radius 2 is 1.66 bits per heavy atom. The maximum absolute atomic E-state index is 12.9.